The number of halogens is 1. The van der Waals surface area contributed by atoms with Gasteiger partial charge in [0, 0.05) is 17.1 Å². The van der Waals surface area contributed by atoms with E-state index in [0.29, 0.717) is 5.75 Å². The molecule has 0 aliphatic heterocycles. The van der Waals surface area contributed by atoms with Gasteiger partial charge in [-0.15, -0.1) is 0 Å². The van der Waals surface area contributed by atoms with Crippen molar-refractivity contribution in [1.29, 1.82) is 0 Å². The van der Waals surface area contributed by atoms with E-state index < -0.39 is 0 Å². The predicted molar refractivity (Wildman–Crippen MR) is 82.2 cm³/mol. The van der Waals surface area contributed by atoms with Crippen molar-refractivity contribution < 1.29 is 5.11 Å². The van der Waals surface area contributed by atoms with Gasteiger partial charge in [0.15, 0.2) is 0 Å². The van der Waals surface area contributed by atoms with Gasteiger partial charge in [0.1, 0.15) is 5.75 Å². The van der Waals surface area contributed by atoms with Gasteiger partial charge in [0.25, 0.3) is 0 Å². The molecule has 0 fully saturated rings. The maximum atomic E-state index is 9.90. The molecule has 0 saturated heterocycles. The first-order chi connectivity index (χ1) is 9.66. The molecule has 0 heterocycles. The second-order valence-electron chi connectivity index (χ2n) is 5.35. The topological polar surface area (TPSA) is 32.3 Å². The zero-order valence-electron chi connectivity index (χ0n) is 11.4. The molecule has 0 spiro atoms. The van der Waals surface area contributed by atoms with Gasteiger partial charge in [-0.25, -0.2) is 0 Å². The lowest BCUT2D eigenvalue weighted by atomic mass is 10.0. The smallest absolute Gasteiger partial charge is 0.119 e. The Kier molecular flexibility index (Phi) is 3.68. The summed E-state index contributed by atoms with van der Waals surface area (Å²) in [7, 11) is 0. The Morgan fingerprint density at radius 2 is 2.00 bits per heavy atom. The van der Waals surface area contributed by atoms with E-state index in [4.69, 9.17) is 11.6 Å². The number of benzene rings is 2. The molecule has 3 rings (SSSR count). The molecule has 0 aromatic heterocycles. The third-order valence-electron chi connectivity index (χ3n) is 4.07. The average molecular weight is 288 g/mol. The van der Waals surface area contributed by atoms with Crippen LogP contribution in [0, 0.1) is 0 Å². The van der Waals surface area contributed by atoms with E-state index in [-0.39, 0.29) is 12.1 Å². The first-order valence-electron chi connectivity index (χ1n) is 6.98. The highest BCUT2D eigenvalue weighted by Crippen LogP contribution is 2.37. The SMILES string of the molecule is C[C@@H](NC1CCc2c(O)cccc21)c1ccccc1Cl. The maximum absolute atomic E-state index is 9.90. The van der Waals surface area contributed by atoms with E-state index in [1.807, 2.05) is 24.3 Å². The standard InChI is InChI=1S/C17H18ClNO/c1-11(12-5-2-3-7-15(12)18)19-16-10-9-14-13(16)6-4-8-17(14)20/h2-8,11,16,19-20H,9-10H2,1H3/t11-,16?/m1/s1. The Hall–Kier alpha value is -1.51. The third kappa shape index (κ3) is 2.41. The van der Waals surface area contributed by atoms with Crippen LogP contribution >= 0.6 is 11.6 Å². The summed E-state index contributed by atoms with van der Waals surface area (Å²) in [6.45, 7) is 2.13. The molecule has 0 bridgehead atoms. The molecule has 2 N–H and O–H groups in total. The summed E-state index contributed by atoms with van der Waals surface area (Å²) < 4.78 is 0. The van der Waals surface area contributed by atoms with Gasteiger partial charge in [-0.05, 0) is 48.6 Å². The normalized spacial score (nSPS) is 18.8. The third-order valence-corrected chi connectivity index (χ3v) is 4.41. The highest BCUT2D eigenvalue weighted by atomic mass is 35.5. The van der Waals surface area contributed by atoms with Crippen LogP contribution < -0.4 is 5.32 Å². The summed E-state index contributed by atoms with van der Waals surface area (Å²) in [5.74, 6) is 0.414. The van der Waals surface area contributed by atoms with Crippen LogP contribution in [0.15, 0.2) is 42.5 Å². The fraction of sp³-hybridized carbons (Fsp3) is 0.294. The Labute approximate surface area is 124 Å². The largest absolute Gasteiger partial charge is 0.508 e. The van der Waals surface area contributed by atoms with E-state index in [9.17, 15) is 5.11 Å². The minimum atomic E-state index is 0.182. The summed E-state index contributed by atoms with van der Waals surface area (Å²) in [6, 6.07) is 14.2. The highest BCUT2D eigenvalue weighted by molar-refractivity contribution is 6.31. The van der Waals surface area contributed by atoms with Gasteiger partial charge in [-0.1, -0.05) is 41.9 Å². The molecule has 0 amide bonds. The summed E-state index contributed by atoms with van der Waals surface area (Å²) in [4.78, 5) is 0. The number of hydrogen-bond acceptors (Lipinski definition) is 2. The molecule has 1 unspecified atom stereocenters. The van der Waals surface area contributed by atoms with Crippen molar-refractivity contribution in [3.8, 4) is 5.75 Å². The molecule has 104 valence electrons. The van der Waals surface area contributed by atoms with Crippen LogP contribution in [0.3, 0.4) is 0 Å². The van der Waals surface area contributed by atoms with Crippen molar-refractivity contribution in [2.45, 2.75) is 31.8 Å². The van der Waals surface area contributed by atoms with Crippen LogP contribution in [-0.2, 0) is 6.42 Å². The minimum absolute atomic E-state index is 0.182. The van der Waals surface area contributed by atoms with Crippen molar-refractivity contribution in [1.82, 2.24) is 5.32 Å². The van der Waals surface area contributed by atoms with Crippen molar-refractivity contribution in [2.75, 3.05) is 0 Å². The van der Waals surface area contributed by atoms with E-state index in [2.05, 4.69) is 24.4 Å². The van der Waals surface area contributed by atoms with Gasteiger partial charge in [-0.2, -0.15) is 0 Å². The number of phenols is 1. The Morgan fingerprint density at radius 3 is 2.80 bits per heavy atom. The molecule has 1 aliphatic rings. The monoisotopic (exact) mass is 287 g/mol. The lowest BCUT2D eigenvalue weighted by molar-refractivity contribution is 0.465. The van der Waals surface area contributed by atoms with Crippen LogP contribution in [0.2, 0.25) is 5.02 Å². The molecule has 0 saturated carbocycles. The molecular weight excluding hydrogens is 270 g/mol. The van der Waals surface area contributed by atoms with E-state index in [0.717, 1.165) is 29.0 Å². The van der Waals surface area contributed by atoms with Crippen molar-refractivity contribution >= 4 is 11.6 Å². The molecule has 2 aromatic carbocycles. The molecule has 3 heteroatoms. The summed E-state index contributed by atoms with van der Waals surface area (Å²) in [6.07, 6.45) is 1.94. The number of phenolic OH excluding ortho intramolecular Hbond substituents is 1. The van der Waals surface area contributed by atoms with E-state index in [1.54, 1.807) is 6.07 Å². The number of rotatable bonds is 3. The fourth-order valence-electron chi connectivity index (χ4n) is 3.03. The van der Waals surface area contributed by atoms with Crippen LogP contribution in [0.1, 0.15) is 42.1 Å². The quantitative estimate of drug-likeness (QED) is 0.878. The maximum Gasteiger partial charge on any atom is 0.119 e. The molecule has 1 aliphatic carbocycles. The number of aromatic hydroxyl groups is 1. The fourth-order valence-corrected chi connectivity index (χ4v) is 3.33. The lowest BCUT2D eigenvalue weighted by Crippen LogP contribution is -2.23. The first-order valence-corrected chi connectivity index (χ1v) is 7.36. The molecular formula is C17H18ClNO. The second kappa shape index (κ2) is 5.47. The van der Waals surface area contributed by atoms with Gasteiger partial charge in [0.05, 0.1) is 0 Å². The molecule has 0 radical (unpaired) electrons. The first kappa shape index (κ1) is 13.5. The van der Waals surface area contributed by atoms with Crippen LogP contribution in [-0.4, -0.2) is 5.11 Å². The number of nitrogens with one attached hydrogen (secondary N) is 1. The van der Waals surface area contributed by atoms with Crippen molar-refractivity contribution in [3.63, 3.8) is 0 Å². The predicted octanol–water partition coefficient (Wildman–Crippen LogP) is 4.38. The Morgan fingerprint density at radius 1 is 1.20 bits per heavy atom. The van der Waals surface area contributed by atoms with Crippen LogP contribution in [0.25, 0.3) is 0 Å². The zero-order chi connectivity index (χ0) is 14.1. The van der Waals surface area contributed by atoms with Crippen LogP contribution in [0.5, 0.6) is 5.75 Å². The molecule has 2 nitrogen and oxygen atoms in total. The van der Waals surface area contributed by atoms with Crippen LogP contribution in [0.4, 0.5) is 0 Å². The Bertz CT molecular complexity index is 626. The van der Waals surface area contributed by atoms with Gasteiger partial charge >= 0.3 is 0 Å². The highest BCUT2D eigenvalue weighted by Gasteiger charge is 2.26. The molecule has 2 aromatic rings. The summed E-state index contributed by atoms with van der Waals surface area (Å²) in [5.41, 5.74) is 3.41. The van der Waals surface area contributed by atoms with Gasteiger partial charge in [-0.3, -0.25) is 0 Å². The Balaban J connectivity index is 1.81. The van der Waals surface area contributed by atoms with Gasteiger partial charge in [0.2, 0.25) is 0 Å². The van der Waals surface area contributed by atoms with E-state index >= 15 is 0 Å². The zero-order valence-corrected chi connectivity index (χ0v) is 12.2. The lowest BCUT2D eigenvalue weighted by Gasteiger charge is -2.21. The number of hydrogen-bond donors (Lipinski definition) is 2. The minimum Gasteiger partial charge on any atom is -0.508 e. The van der Waals surface area contributed by atoms with Crippen molar-refractivity contribution in [3.05, 3.63) is 64.2 Å². The summed E-state index contributed by atoms with van der Waals surface area (Å²) in [5, 5.41) is 14.3. The van der Waals surface area contributed by atoms with Gasteiger partial charge < -0.3 is 10.4 Å². The second-order valence-corrected chi connectivity index (χ2v) is 5.75. The molecule has 2 atom stereocenters. The van der Waals surface area contributed by atoms with E-state index in [1.165, 1.54) is 5.56 Å². The molecule has 20 heavy (non-hydrogen) atoms. The average Bonchev–Trinajstić information content (AvgIpc) is 2.84. The van der Waals surface area contributed by atoms with Crippen molar-refractivity contribution in [2.24, 2.45) is 0 Å². The number of fused-ring (bicyclic) bond motifs is 1. The summed E-state index contributed by atoms with van der Waals surface area (Å²) >= 11 is 6.25.